The summed E-state index contributed by atoms with van der Waals surface area (Å²) in [6, 6.07) is 24.4. The first-order valence-electron chi connectivity index (χ1n) is 6.87. The molecule has 0 bridgehead atoms. The molecule has 0 spiro atoms. The molecule has 2 aromatic heterocycles. The van der Waals surface area contributed by atoms with Crippen molar-refractivity contribution in [2.45, 2.75) is 0 Å². The zero-order valence-corrected chi connectivity index (χ0v) is 11.3. The molecule has 3 nitrogen and oxygen atoms in total. The molecule has 0 aliphatic heterocycles. The van der Waals surface area contributed by atoms with Crippen molar-refractivity contribution in [2.24, 2.45) is 0 Å². The molecule has 0 fully saturated rings. The minimum Gasteiger partial charge on any atom is -0.237 e. The number of hydrogen-bond donors (Lipinski definition) is 0. The monoisotopic (exact) mass is 271 g/mol. The molecule has 0 radical (unpaired) electrons. The molecule has 100 valence electrons. The minimum absolute atomic E-state index is 0.857. The summed E-state index contributed by atoms with van der Waals surface area (Å²) in [6.07, 6.45) is 1.83. The SMILES string of the molecule is c1ccc(-c2cc3nccc(-c4ccccc4)n3n2)cc1. The summed E-state index contributed by atoms with van der Waals surface area (Å²) in [7, 11) is 0. The highest BCUT2D eigenvalue weighted by Gasteiger charge is 2.09. The molecule has 0 N–H and O–H groups in total. The quantitative estimate of drug-likeness (QED) is 0.550. The molecule has 3 heteroatoms. The second kappa shape index (κ2) is 4.87. The maximum atomic E-state index is 4.71. The second-order valence-electron chi connectivity index (χ2n) is 4.86. The Morgan fingerprint density at radius 3 is 2.10 bits per heavy atom. The Hall–Kier alpha value is -2.94. The van der Waals surface area contributed by atoms with E-state index in [1.165, 1.54) is 0 Å². The van der Waals surface area contributed by atoms with Crippen LogP contribution in [-0.4, -0.2) is 14.6 Å². The lowest BCUT2D eigenvalue weighted by Gasteiger charge is -2.03. The molecule has 0 aliphatic rings. The summed E-state index contributed by atoms with van der Waals surface area (Å²) < 4.78 is 1.90. The Bertz CT molecular complexity index is 880. The lowest BCUT2D eigenvalue weighted by atomic mass is 10.1. The lowest BCUT2D eigenvalue weighted by Crippen LogP contribution is -1.95. The summed E-state index contributed by atoms with van der Waals surface area (Å²) in [5.41, 5.74) is 5.07. The van der Waals surface area contributed by atoms with Crippen LogP contribution < -0.4 is 0 Å². The highest BCUT2D eigenvalue weighted by Crippen LogP contribution is 2.23. The van der Waals surface area contributed by atoms with Crippen LogP contribution in [0.2, 0.25) is 0 Å². The van der Waals surface area contributed by atoms with Gasteiger partial charge < -0.3 is 0 Å². The van der Waals surface area contributed by atoms with Gasteiger partial charge in [0.05, 0.1) is 11.4 Å². The van der Waals surface area contributed by atoms with Crippen LogP contribution in [0.5, 0.6) is 0 Å². The van der Waals surface area contributed by atoms with Crippen LogP contribution in [0, 0.1) is 0 Å². The van der Waals surface area contributed by atoms with Crippen LogP contribution in [0.1, 0.15) is 0 Å². The van der Waals surface area contributed by atoms with Crippen molar-refractivity contribution < 1.29 is 0 Å². The predicted octanol–water partition coefficient (Wildman–Crippen LogP) is 4.06. The third kappa shape index (κ3) is 2.09. The first-order chi connectivity index (χ1) is 10.4. The van der Waals surface area contributed by atoms with Crippen LogP contribution in [0.4, 0.5) is 0 Å². The maximum Gasteiger partial charge on any atom is 0.156 e. The van der Waals surface area contributed by atoms with E-state index in [4.69, 9.17) is 5.10 Å². The number of aromatic nitrogens is 3. The first-order valence-corrected chi connectivity index (χ1v) is 6.87. The van der Waals surface area contributed by atoms with E-state index in [2.05, 4.69) is 29.2 Å². The molecule has 4 aromatic rings. The highest BCUT2D eigenvalue weighted by atomic mass is 15.3. The van der Waals surface area contributed by atoms with Gasteiger partial charge in [-0.1, -0.05) is 60.7 Å². The smallest absolute Gasteiger partial charge is 0.156 e. The van der Waals surface area contributed by atoms with Gasteiger partial charge in [0, 0.05) is 23.4 Å². The molecule has 0 unspecified atom stereocenters. The van der Waals surface area contributed by atoms with Gasteiger partial charge >= 0.3 is 0 Å². The van der Waals surface area contributed by atoms with Gasteiger partial charge in [-0.05, 0) is 6.07 Å². The minimum atomic E-state index is 0.857. The molecule has 4 rings (SSSR count). The van der Waals surface area contributed by atoms with E-state index in [0.29, 0.717) is 0 Å². The van der Waals surface area contributed by atoms with Crippen LogP contribution in [0.25, 0.3) is 28.2 Å². The van der Waals surface area contributed by atoms with E-state index < -0.39 is 0 Å². The second-order valence-corrected chi connectivity index (χ2v) is 4.86. The normalized spacial score (nSPS) is 10.9. The molecule has 0 saturated heterocycles. The zero-order valence-electron chi connectivity index (χ0n) is 11.3. The van der Waals surface area contributed by atoms with Crippen molar-refractivity contribution in [2.75, 3.05) is 0 Å². The number of benzene rings is 2. The molecule has 0 amide bonds. The summed E-state index contributed by atoms with van der Waals surface area (Å²) >= 11 is 0. The average molecular weight is 271 g/mol. The maximum absolute atomic E-state index is 4.71. The van der Waals surface area contributed by atoms with Gasteiger partial charge in [0.15, 0.2) is 5.65 Å². The molecular formula is C18H13N3. The fraction of sp³-hybridized carbons (Fsp3) is 0. The van der Waals surface area contributed by atoms with E-state index in [0.717, 1.165) is 28.2 Å². The topological polar surface area (TPSA) is 30.2 Å². The van der Waals surface area contributed by atoms with Crippen LogP contribution in [0.15, 0.2) is 79.0 Å². The number of nitrogens with zero attached hydrogens (tertiary/aromatic N) is 3. The molecular weight excluding hydrogens is 258 g/mol. The van der Waals surface area contributed by atoms with Crippen LogP contribution >= 0.6 is 0 Å². The van der Waals surface area contributed by atoms with Crippen molar-refractivity contribution in [1.29, 1.82) is 0 Å². The van der Waals surface area contributed by atoms with Gasteiger partial charge in [-0.3, -0.25) is 0 Å². The summed E-state index contributed by atoms with van der Waals surface area (Å²) in [5, 5.41) is 4.71. The van der Waals surface area contributed by atoms with Gasteiger partial charge in [0.1, 0.15) is 0 Å². The van der Waals surface area contributed by atoms with Gasteiger partial charge in [-0.2, -0.15) is 5.10 Å². The van der Waals surface area contributed by atoms with Crippen molar-refractivity contribution >= 4 is 5.65 Å². The van der Waals surface area contributed by atoms with E-state index in [-0.39, 0.29) is 0 Å². The molecule has 0 aliphatic carbocycles. The van der Waals surface area contributed by atoms with Crippen molar-refractivity contribution in [3.63, 3.8) is 0 Å². The Kier molecular flexibility index (Phi) is 2.75. The predicted molar refractivity (Wildman–Crippen MR) is 83.9 cm³/mol. The summed E-state index contributed by atoms with van der Waals surface area (Å²) in [5.74, 6) is 0. The van der Waals surface area contributed by atoms with Gasteiger partial charge in [0.2, 0.25) is 0 Å². The Morgan fingerprint density at radius 1 is 0.714 bits per heavy atom. The fourth-order valence-electron chi connectivity index (χ4n) is 2.47. The van der Waals surface area contributed by atoms with Crippen LogP contribution in [0.3, 0.4) is 0 Å². The lowest BCUT2D eigenvalue weighted by molar-refractivity contribution is 0.952. The van der Waals surface area contributed by atoms with Gasteiger partial charge in [-0.15, -0.1) is 0 Å². The van der Waals surface area contributed by atoms with Gasteiger partial charge in [-0.25, -0.2) is 9.50 Å². The largest absolute Gasteiger partial charge is 0.237 e. The molecule has 21 heavy (non-hydrogen) atoms. The molecule has 2 heterocycles. The first kappa shape index (κ1) is 11.9. The zero-order chi connectivity index (χ0) is 14.1. The van der Waals surface area contributed by atoms with E-state index in [1.807, 2.05) is 59.2 Å². The van der Waals surface area contributed by atoms with Crippen molar-refractivity contribution in [3.8, 4) is 22.5 Å². The number of fused-ring (bicyclic) bond motifs is 1. The van der Waals surface area contributed by atoms with Gasteiger partial charge in [0.25, 0.3) is 0 Å². The van der Waals surface area contributed by atoms with Crippen molar-refractivity contribution in [3.05, 3.63) is 79.0 Å². The molecule has 0 atom stereocenters. The Balaban J connectivity index is 1.93. The molecule has 2 aromatic carbocycles. The molecule has 0 saturated carbocycles. The van der Waals surface area contributed by atoms with Crippen LogP contribution in [-0.2, 0) is 0 Å². The standard InChI is InChI=1S/C18H13N3/c1-3-7-14(8-4-1)16-13-18-19-12-11-17(21(18)20-16)15-9-5-2-6-10-15/h1-13H. The third-order valence-corrected chi connectivity index (χ3v) is 3.50. The fourth-order valence-corrected chi connectivity index (χ4v) is 2.47. The highest BCUT2D eigenvalue weighted by molar-refractivity contribution is 5.68. The Morgan fingerprint density at radius 2 is 1.38 bits per heavy atom. The number of hydrogen-bond acceptors (Lipinski definition) is 2. The van der Waals surface area contributed by atoms with E-state index >= 15 is 0 Å². The van der Waals surface area contributed by atoms with E-state index in [1.54, 1.807) is 0 Å². The Labute approximate surface area is 122 Å². The summed E-state index contributed by atoms with van der Waals surface area (Å²) in [4.78, 5) is 4.41. The van der Waals surface area contributed by atoms with E-state index in [9.17, 15) is 0 Å². The number of rotatable bonds is 2. The third-order valence-electron chi connectivity index (χ3n) is 3.50. The summed E-state index contributed by atoms with van der Waals surface area (Å²) in [6.45, 7) is 0. The van der Waals surface area contributed by atoms with Crippen molar-refractivity contribution in [1.82, 2.24) is 14.6 Å². The average Bonchev–Trinajstić information content (AvgIpc) is 3.00.